The standard InChI is InChI=1S/C30H29N3O4/c1-3-37-30(35)26(17-21-18-31-25-12-8-7-11-24(21)25)32-19-27-28(20-9-5-4-6-10-20)29(34)33(27)22-13-15-23(36-2)16-14-22/h4-16,18-19,26-28,31H,3,17H2,1-2H3/t26-,27-,28+/m0/s1. The van der Waals surface area contributed by atoms with E-state index in [4.69, 9.17) is 14.5 Å². The number of hydrogen-bond donors (Lipinski definition) is 1. The summed E-state index contributed by atoms with van der Waals surface area (Å²) in [5.41, 5.74) is 3.65. The Balaban J connectivity index is 1.47. The third-order valence-corrected chi connectivity index (χ3v) is 6.72. The molecule has 0 spiro atoms. The van der Waals surface area contributed by atoms with Crippen molar-refractivity contribution in [1.82, 2.24) is 4.98 Å². The smallest absolute Gasteiger partial charge is 0.331 e. The highest BCUT2D eigenvalue weighted by Gasteiger charge is 2.48. The van der Waals surface area contributed by atoms with E-state index in [2.05, 4.69) is 4.98 Å². The van der Waals surface area contributed by atoms with Crippen LogP contribution in [0.1, 0.15) is 24.0 Å². The van der Waals surface area contributed by atoms with Gasteiger partial charge in [-0.1, -0.05) is 48.5 Å². The number of carbonyl (C=O) groups excluding carboxylic acids is 2. The predicted molar refractivity (Wildman–Crippen MR) is 144 cm³/mol. The number of fused-ring (bicyclic) bond motifs is 1. The summed E-state index contributed by atoms with van der Waals surface area (Å²) in [6.45, 7) is 2.05. The second-order valence-electron chi connectivity index (χ2n) is 8.91. The number of hydrogen-bond acceptors (Lipinski definition) is 5. The van der Waals surface area contributed by atoms with Gasteiger partial charge in [0, 0.05) is 35.4 Å². The van der Waals surface area contributed by atoms with Gasteiger partial charge >= 0.3 is 5.97 Å². The van der Waals surface area contributed by atoms with Crippen molar-refractivity contribution in [1.29, 1.82) is 0 Å². The number of benzene rings is 3. The van der Waals surface area contributed by atoms with Crippen molar-refractivity contribution in [2.45, 2.75) is 31.3 Å². The minimum absolute atomic E-state index is 0.0165. The molecule has 1 aliphatic rings. The third kappa shape index (κ3) is 4.85. The largest absolute Gasteiger partial charge is 0.497 e. The molecule has 1 aliphatic heterocycles. The molecule has 7 heteroatoms. The molecule has 0 unspecified atom stereocenters. The fourth-order valence-electron chi connectivity index (χ4n) is 4.84. The monoisotopic (exact) mass is 495 g/mol. The van der Waals surface area contributed by atoms with Crippen LogP contribution in [0.25, 0.3) is 10.9 Å². The number of amides is 1. The van der Waals surface area contributed by atoms with Crippen molar-refractivity contribution in [2.24, 2.45) is 4.99 Å². The lowest BCUT2D eigenvalue weighted by Crippen LogP contribution is -2.60. The highest BCUT2D eigenvalue weighted by molar-refractivity contribution is 6.12. The summed E-state index contributed by atoms with van der Waals surface area (Å²) in [6, 6.07) is 23.9. The van der Waals surface area contributed by atoms with Crippen LogP contribution >= 0.6 is 0 Å². The summed E-state index contributed by atoms with van der Waals surface area (Å²) < 4.78 is 10.6. The second-order valence-corrected chi connectivity index (χ2v) is 8.91. The van der Waals surface area contributed by atoms with Crippen LogP contribution in [0, 0.1) is 0 Å². The summed E-state index contributed by atoms with van der Waals surface area (Å²) in [4.78, 5) is 36.0. The molecule has 0 saturated carbocycles. The molecule has 2 heterocycles. The minimum Gasteiger partial charge on any atom is -0.497 e. The second kappa shape index (κ2) is 10.7. The first-order valence-corrected chi connectivity index (χ1v) is 12.4. The van der Waals surface area contributed by atoms with E-state index >= 15 is 0 Å². The molecule has 1 saturated heterocycles. The average molecular weight is 496 g/mol. The zero-order valence-electron chi connectivity index (χ0n) is 20.8. The highest BCUT2D eigenvalue weighted by Crippen LogP contribution is 2.39. The van der Waals surface area contributed by atoms with Crippen molar-refractivity contribution in [3.05, 3.63) is 96.2 Å². The molecule has 4 aromatic rings. The van der Waals surface area contributed by atoms with Crippen LogP contribution < -0.4 is 9.64 Å². The van der Waals surface area contributed by atoms with Gasteiger partial charge in [0.05, 0.1) is 25.7 Å². The normalized spacial score (nSPS) is 18.1. The van der Waals surface area contributed by atoms with Crippen LogP contribution in [-0.4, -0.2) is 48.9 Å². The fraction of sp³-hybridized carbons (Fsp3) is 0.233. The Kier molecular flexibility index (Phi) is 7.03. The Morgan fingerprint density at radius 1 is 1.05 bits per heavy atom. The fourth-order valence-corrected chi connectivity index (χ4v) is 4.84. The number of esters is 1. The molecule has 0 radical (unpaired) electrons. The first kappa shape index (κ1) is 24.3. The molecular formula is C30H29N3O4. The van der Waals surface area contributed by atoms with Gasteiger partial charge in [-0.25, -0.2) is 4.79 Å². The van der Waals surface area contributed by atoms with Crippen molar-refractivity contribution in [3.63, 3.8) is 0 Å². The zero-order valence-corrected chi connectivity index (χ0v) is 20.8. The van der Waals surface area contributed by atoms with Crippen molar-refractivity contribution in [3.8, 4) is 5.75 Å². The lowest BCUT2D eigenvalue weighted by molar-refractivity contribution is -0.144. The van der Waals surface area contributed by atoms with Gasteiger partial charge in [-0.2, -0.15) is 0 Å². The molecule has 3 atom stereocenters. The molecule has 1 fully saturated rings. The van der Waals surface area contributed by atoms with E-state index in [0.29, 0.717) is 12.2 Å². The van der Waals surface area contributed by atoms with Gasteiger partial charge in [-0.05, 0) is 48.4 Å². The van der Waals surface area contributed by atoms with Gasteiger partial charge in [0.2, 0.25) is 5.91 Å². The van der Waals surface area contributed by atoms with E-state index in [1.165, 1.54) is 0 Å². The molecule has 188 valence electrons. The molecule has 1 N–H and O–H groups in total. The summed E-state index contributed by atoms with van der Waals surface area (Å²) >= 11 is 0. The number of carbonyl (C=O) groups is 2. The van der Waals surface area contributed by atoms with E-state index in [1.807, 2.05) is 85.1 Å². The maximum atomic E-state index is 13.3. The molecule has 5 rings (SSSR count). The number of H-pyrrole nitrogens is 1. The van der Waals surface area contributed by atoms with E-state index in [0.717, 1.165) is 27.7 Å². The molecule has 7 nitrogen and oxygen atoms in total. The topological polar surface area (TPSA) is 84.0 Å². The van der Waals surface area contributed by atoms with Crippen LogP contribution in [0.3, 0.4) is 0 Å². The number of ether oxygens (including phenoxy) is 2. The Hall–Kier alpha value is -4.39. The maximum Gasteiger partial charge on any atom is 0.331 e. The summed E-state index contributed by atoms with van der Waals surface area (Å²) in [6.07, 6.45) is 4.04. The number of rotatable bonds is 9. The van der Waals surface area contributed by atoms with E-state index in [1.54, 1.807) is 25.1 Å². The number of anilines is 1. The maximum absolute atomic E-state index is 13.3. The minimum atomic E-state index is -0.732. The molecule has 3 aromatic carbocycles. The number of nitrogens with zero attached hydrogens (tertiary/aromatic N) is 2. The summed E-state index contributed by atoms with van der Waals surface area (Å²) in [5, 5.41) is 1.05. The van der Waals surface area contributed by atoms with E-state index in [9.17, 15) is 9.59 Å². The lowest BCUT2D eigenvalue weighted by atomic mass is 9.81. The van der Waals surface area contributed by atoms with Gasteiger partial charge in [0.15, 0.2) is 6.04 Å². The molecular weight excluding hydrogens is 466 g/mol. The first-order valence-electron chi connectivity index (χ1n) is 12.4. The number of aromatic nitrogens is 1. The van der Waals surface area contributed by atoms with E-state index < -0.39 is 6.04 Å². The van der Waals surface area contributed by atoms with Gasteiger partial charge in [-0.15, -0.1) is 0 Å². The highest BCUT2D eigenvalue weighted by atomic mass is 16.5. The van der Waals surface area contributed by atoms with Crippen LogP contribution in [0.4, 0.5) is 5.69 Å². The van der Waals surface area contributed by atoms with Gasteiger partial charge < -0.3 is 19.4 Å². The van der Waals surface area contributed by atoms with Crippen LogP contribution in [-0.2, 0) is 20.7 Å². The number of nitrogens with one attached hydrogen (secondary N) is 1. The van der Waals surface area contributed by atoms with Crippen molar-refractivity contribution < 1.29 is 19.1 Å². The zero-order chi connectivity index (χ0) is 25.8. The Bertz CT molecular complexity index is 1410. The molecule has 0 aliphatic carbocycles. The summed E-state index contributed by atoms with van der Waals surface area (Å²) in [7, 11) is 1.61. The number of aliphatic imine (C=N–C) groups is 1. The SMILES string of the molecule is CCOC(=O)[C@H](Cc1c[nH]c2ccccc12)N=C[C@H]1[C@@H](c2ccccc2)C(=O)N1c1ccc(OC)cc1. The quantitative estimate of drug-likeness (QED) is 0.203. The number of aromatic amines is 1. The van der Waals surface area contributed by atoms with Crippen molar-refractivity contribution in [2.75, 3.05) is 18.6 Å². The molecule has 1 amide bonds. The Labute approximate surface area is 215 Å². The Morgan fingerprint density at radius 2 is 1.78 bits per heavy atom. The van der Waals surface area contributed by atoms with Gasteiger partial charge in [0.25, 0.3) is 0 Å². The number of para-hydroxylation sites is 1. The third-order valence-electron chi connectivity index (χ3n) is 6.72. The Morgan fingerprint density at radius 3 is 2.51 bits per heavy atom. The van der Waals surface area contributed by atoms with E-state index in [-0.39, 0.29) is 30.4 Å². The summed E-state index contributed by atoms with van der Waals surface area (Å²) in [5.74, 6) is -0.0790. The van der Waals surface area contributed by atoms with Gasteiger partial charge in [0.1, 0.15) is 5.75 Å². The van der Waals surface area contributed by atoms with Crippen LogP contribution in [0.5, 0.6) is 5.75 Å². The average Bonchev–Trinajstić information content (AvgIpc) is 3.34. The van der Waals surface area contributed by atoms with Crippen molar-refractivity contribution >= 4 is 34.7 Å². The first-order chi connectivity index (χ1) is 18.1. The molecule has 0 bridgehead atoms. The predicted octanol–water partition coefficient (Wildman–Crippen LogP) is 4.92. The van der Waals surface area contributed by atoms with Crippen LogP contribution in [0.15, 0.2) is 90.1 Å². The lowest BCUT2D eigenvalue weighted by Gasteiger charge is -2.45. The van der Waals surface area contributed by atoms with Gasteiger partial charge in [-0.3, -0.25) is 9.79 Å². The molecule has 1 aromatic heterocycles. The number of methoxy groups -OCH3 is 1. The number of β-lactam (4-membered cyclic amide) rings is 1. The molecule has 37 heavy (non-hydrogen) atoms. The van der Waals surface area contributed by atoms with Crippen LogP contribution in [0.2, 0.25) is 0 Å².